The van der Waals surface area contributed by atoms with Gasteiger partial charge in [0.1, 0.15) is 0 Å². The Hall–Kier alpha value is -0.760. The second kappa shape index (κ2) is 4.49. The van der Waals surface area contributed by atoms with E-state index in [0.717, 1.165) is 17.9 Å². The van der Waals surface area contributed by atoms with Gasteiger partial charge in [0.15, 0.2) is 0 Å². The van der Waals surface area contributed by atoms with Gasteiger partial charge in [-0.05, 0) is 43.6 Å². The Balaban J connectivity index is 1.84. The van der Waals surface area contributed by atoms with E-state index < -0.39 is 0 Å². The van der Waals surface area contributed by atoms with E-state index in [1.54, 1.807) is 0 Å². The molecule has 0 unspecified atom stereocenters. The lowest BCUT2D eigenvalue weighted by Crippen LogP contribution is -2.50. The first-order chi connectivity index (χ1) is 8.25. The van der Waals surface area contributed by atoms with Crippen LogP contribution in [0, 0.1) is 11.8 Å². The normalized spacial score (nSPS) is 38.9. The SMILES string of the molecule is C[C@@H]1CC[C@H]2[C@H](C)CC[C@H](c3ccoc3)N2C1. The quantitative estimate of drug-likeness (QED) is 0.732. The summed E-state index contributed by atoms with van der Waals surface area (Å²) in [6.07, 6.45) is 9.21. The van der Waals surface area contributed by atoms with Crippen molar-refractivity contribution in [2.75, 3.05) is 6.54 Å². The van der Waals surface area contributed by atoms with Crippen LogP contribution >= 0.6 is 0 Å². The van der Waals surface area contributed by atoms with E-state index in [9.17, 15) is 0 Å². The molecule has 3 rings (SSSR count). The monoisotopic (exact) mass is 233 g/mol. The van der Waals surface area contributed by atoms with Crippen LogP contribution in [0.15, 0.2) is 23.0 Å². The molecule has 0 bridgehead atoms. The average Bonchev–Trinajstić information content (AvgIpc) is 2.83. The summed E-state index contributed by atoms with van der Waals surface area (Å²) < 4.78 is 5.27. The molecule has 0 aromatic carbocycles. The summed E-state index contributed by atoms with van der Waals surface area (Å²) in [4.78, 5) is 2.76. The molecule has 2 nitrogen and oxygen atoms in total. The van der Waals surface area contributed by atoms with Crippen molar-refractivity contribution in [1.82, 2.24) is 4.90 Å². The van der Waals surface area contributed by atoms with Crippen LogP contribution in [-0.4, -0.2) is 17.5 Å². The van der Waals surface area contributed by atoms with Crippen molar-refractivity contribution < 1.29 is 4.42 Å². The van der Waals surface area contributed by atoms with Gasteiger partial charge in [-0.25, -0.2) is 0 Å². The fraction of sp³-hybridized carbons (Fsp3) is 0.733. The van der Waals surface area contributed by atoms with Crippen molar-refractivity contribution in [2.24, 2.45) is 11.8 Å². The van der Waals surface area contributed by atoms with Crippen LogP contribution in [0.5, 0.6) is 0 Å². The van der Waals surface area contributed by atoms with Crippen LogP contribution in [0.25, 0.3) is 0 Å². The summed E-state index contributed by atoms with van der Waals surface area (Å²) in [5.74, 6) is 1.72. The molecule has 1 aromatic rings. The highest BCUT2D eigenvalue weighted by atomic mass is 16.3. The van der Waals surface area contributed by atoms with E-state index in [4.69, 9.17) is 4.42 Å². The van der Waals surface area contributed by atoms with Crippen LogP contribution in [0.1, 0.15) is 51.1 Å². The summed E-state index contributed by atoms with van der Waals surface area (Å²) in [5, 5.41) is 0. The minimum atomic E-state index is 0.609. The number of piperidine rings is 2. The molecule has 3 heterocycles. The maximum absolute atomic E-state index is 5.27. The number of rotatable bonds is 1. The molecular formula is C15H23NO. The molecule has 2 fully saturated rings. The van der Waals surface area contributed by atoms with Gasteiger partial charge in [-0.3, -0.25) is 4.90 Å². The first-order valence-corrected chi connectivity index (χ1v) is 7.03. The van der Waals surface area contributed by atoms with E-state index in [2.05, 4.69) is 24.8 Å². The first-order valence-electron chi connectivity index (χ1n) is 7.03. The Morgan fingerprint density at radius 2 is 2.06 bits per heavy atom. The molecule has 17 heavy (non-hydrogen) atoms. The summed E-state index contributed by atoms with van der Waals surface area (Å²) >= 11 is 0. The summed E-state index contributed by atoms with van der Waals surface area (Å²) in [5.41, 5.74) is 1.39. The Kier molecular flexibility index (Phi) is 2.99. The summed E-state index contributed by atoms with van der Waals surface area (Å²) in [7, 11) is 0. The van der Waals surface area contributed by atoms with Gasteiger partial charge in [0.2, 0.25) is 0 Å². The van der Waals surface area contributed by atoms with Crippen molar-refractivity contribution in [3.05, 3.63) is 24.2 Å². The fourth-order valence-corrected chi connectivity index (χ4v) is 3.78. The van der Waals surface area contributed by atoms with Crippen LogP contribution < -0.4 is 0 Å². The van der Waals surface area contributed by atoms with Gasteiger partial charge in [-0.15, -0.1) is 0 Å². The molecule has 0 spiro atoms. The van der Waals surface area contributed by atoms with Crippen LogP contribution in [0.4, 0.5) is 0 Å². The molecule has 2 heteroatoms. The van der Waals surface area contributed by atoms with Gasteiger partial charge in [0.25, 0.3) is 0 Å². The minimum absolute atomic E-state index is 0.609. The Morgan fingerprint density at radius 3 is 2.82 bits per heavy atom. The van der Waals surface area contributed by atoms with Crippen molar-refractivity contribution in [1.29, 1.82) is 0 Å². The molecule has 2 aliphatic heterocycles. The topological polar surface area (TPSA) is 16.4 Å². The van der Waals surface area contributed by atoms with Gasteiger partial charge in [-0.1, -0.05) is 13.8 Å². The lowest BCUT2D eigenvalue weighted by molar-refractivity contribution is -0.00172. The molecule has 94 valence electrons. The van der Waals surface area contributed by atoms with Gasteiger partial charge >= 0.3 is 0 Å². The molecule has 0 saturated carbocycles. The second-order valence-corrected chi connectivity index (χ2v) is 6.07. The molecule has 2 aliphatic rings. The third kappa shape index (κ3) is 2.03. The van der Waals surface area contributed by atoms with E-state index >= 15 is 0 Å². The Morgan fingerprint density at radius 1 is 1.18 bits per heavy atom. The predicted molar refractivity (Wildman–Crippen MR) is 68.7 cm³/mol. The lowest BCUT2D eigenvalue weighted by atomic mass is 9.78. The van der Waals surface area contributed by atoms with E-state index in [-0.39, 0.29) is 0 Å². The summed E-state index contributed by atoms with van der Waals surface area (Å²) in [6.45, 7) is 6.09. The lowest BCUT2D eigenvalue weighted by Gasteiger charge is -2.49. The van der Waals surface area contributed by atoms with Crippen molar-refractivity contribution >= 4 is 0 Å². The average molecular weight is 233 g/mol. The molecule has 0 N–H and O–H groups in total. The Bertz CT molecular complexity index is 359. The molecular weight excluding hydrogens is 210 g/mol. The van der Waals surface area contributed by atoms with Crippen LogP contribution in [0.2, 0.25) is 0 Å². The van der Waals surface area contributed by atoms with E-state index in [1.807, 2.05) is 12.5 Å². The van der Waals surface area contributed by atoms with Crippen molar-refractivity contribution in [3.8, 4) is 0 Å². The highest BCUT2D eigenvalue weighted by Crippen LogP contribution is 2.42. The summed E-state index contributed by atoms with van der Waals surface area (Å²) in [6, 6.07) is 3.56. The third-order valence-corrected chi connectivity index (χ3v) is 4.78. The predicted octanol–water partition coefficient (Wildman–Crippen LogP) is 3.85. The number of hydrogen-bond acceptors (Lipinski definition) is 2. The standard InChI is InChI=1S/C15H23NO/c1-11-3-5-14-12(2)4-6-15(16(14)9-11)13-7-8-17-10-13/h7-8,10-12,14-15H,3-6,9H2,1-2H3/t11-,12-,14+,15-/m1/s1. The maximum atomic E-state index is 5.27. The van der Waals surface area contributed by atoms with Crippen LogP contribution in [0.3, 0.4) is 0 Å². The number of fused-ring (bicyclic) bond motifs is 1. The van der Waals surface area contributed by atoms with E-state index in [0.29, 0.717) is 6.04 Å². The molecule has 0 amide bonds. The molecule has 1 aromatic heterocycles. The molecule has 0 radical (unpaired) electrons. The smallest absolute Gasteiger partial charge is 0.0950 e. The minimum Gasteiger partial charge on any atom is -0.472 e. The van der Waals surface area contributed by atoms with Crippen LogP contribution in [-0.2, 0) is 0 Å². The third-order valence-electron chi connectivity index (χ3n) is 4.78. The van der Waals surface area contributed by atoms with Gasteiger partial charge in [-0.2, -0.15) is 0 Å². The van der Waals surface area contributed by atoms with E-state index in [1.165, 1.54) is 37.8 Å². The largest absolute Gasteiger partial charge is 0.472 e. The number of nitrogens with zero attached hydrogens (tertiary/aromatic N) is 1. The molecule has 0 aliphatic carbocycles. The molecule has 2 saturated heterocycles. The first kappa shape index (κ1) is 11.3. The van der Waals surface area contributed by atoms with Gasteiger partial charge < -0.3 is 4.42 Å². The van der Waals surface area contributed by atoms with Crippen molar-refractivity contribution in [2.45, 2.75) is 51.6 Å². The zero-order valence-corrected chi connectivity index (χ0v) is 10.9. The maximum Gasteiger partial charge on any atom is 0.0950 e. The van der Waals surface area contributed by atoms with Gasteiger partial charge in [0, 0.05) is 24.2 Å². The zero-order valence-electron chi connectivity index (χ0n) is 10.9. The highest BCUT2D eigenvalue weighted by Gasteiger charge is 2.38. The molecule has 4 atom stereocenters. The number of furan rings is 1. The van der Waals surface area contributed by atoms with Crippen molar-refractivity contribution in [3.63, 3.8) is 0 Å². The number of hydrogen-bond donors (Lipinski definition) is 0. The Labute approximate surface area is 104 Å². The zero-order chi connectivity index (χ0) is 11.8. The van der Waals surface area contributed by atoms with Gasteiger partial charge in [0.05, 0.1) is 12.5 Å². The highest BCUT2D eigenvalue weighted by molar-refractivity contribution is 5.14. The fourth-order valence-electron chi connectivity index (χ4n) is 3.78. The second-order valence-electron chi connectivity index (χ2n) is 6.07.